The smallest absolute Gasteiger partial charge is 0.161 e. The Morgan fingerprint density at radius 2 is 1.81 bits per heavy atom. The van der Waals surface area contributed by atoms with E-state index in [4.69, 9.17) is 5.73 Å². The zero-order valence-electron chi connectivity index (χ0n) is 8.12. The van der Waals surface area contributed by atoms with Crippen LogP contribution in [0.5, 0.6) is 0 Å². The van der Waals surface area contributed by atoms with E-state index in [0.29, 0.717) is 11.8 Å². The molecule has 0 saturated heterocycles. The molecule has 16 heavy (non-hydrogen) atoms. The van der Waals surface area contributed by atoms with Crippen molar-refractivity contribution in [2.45, 2.75) is 6.54 Å². The van der Waals surface area contributed by atoms with Gasteiger partial charge in [0, 0.05) is 24.9 Å². The van der Waals surface area contributed by atoms with Gasteiger partial charge in [-0.1, -0.05) is 0 Å². The minimum absolute atomic E-state index is 0.154. The molecule has 3 nitrogen and oxygen atoms in total. The molecule has 1 aromatic carbocycles. The molecule has 0 radical (unpaired) electrons. The molecular formula is C10H8F3N3. The summed E-state index contributed by atoms with van der Waals surface area (Å²) in [5, 5.41) is 3.89. The van der Waals surface area contributed by atoms with Crippen LogP contribution in [0.2, 0.25) is 0 Å². The Morgan fingerprint density at radius 1 is 1.12 bits per heavy atom. The van der Waals surface area contributed by atoms with Gasteiger partial charge in [-0.25, -0.2) is 17.9 Å². The lowest BCUT2D eigenvalue weighted by Gasteiger charge is -2.03. The summed E-state index contributed by atoms with van der Waals surface area (Å²) < 4.78 is 40.0. The van der Waals surface area contributed by atoms with E-state index in [1.165, 1.54) is 6.20 Å². The maximum absolute atomic E-state index is 13.3. The second-order valence-electron chi connectivity index (χ2n) is 3.17. The fourth-order valence-electron chi connectivity index (χ4n) is 1.29. The van der Waals surface area contributed by atoms with E-state index in [-0.39, 0.29) is 12.2 Å². The molecule has 6 heteroatoms. The van der Waals surface area contributed by atoms with E-state index >= 15 is 0 Å². The molecule has 0 aliphatic rings. The van der Waals surface area contributed by atoms with Crippen LogP contribution in [-0.2, 0) is 6.54 Å². The molecule has 1 heterocycles. The Hall–Kier alpha value is -1.82. The molecule has 84 valence electrons. The van der Waals surface area contributed by atoms with Crippen molar-refractivity contribution in [3.8, 4) is 5.69 Å². The van der Waals surface area contributed by atoms with Crippen LogP contribution in [0.1, 0.15) is 5.69 Å². The molecular weight excluding hydrogens is 219 g/mol. The summed E-state index contributed by atoms with van der Waals surface area (Å²) in [6.07, 6.45) is 1.43. The van der Waals surface area contributed by atoms with Crippen molar-refractivity contribution in [1.29, 1.82) is 0 Å². The number of benzene rings is 1. The molecule has 2 aromatic rings. The SMILES string of the molecule is NCc1ccn(-c2cc(F)c(F)cc2F)n1. The van der Waals surface area contributed by atoms with Gasteiger partial charge in [0.1, 0.15) is 5.69 Å². The first kappa shape index (κ1) is 10.7. The molecule has 0 spiro atoms. The second-order valence-corrected chi connectivity index (χ2v) is 3.17. The first-order valence-electron chi connectivity index (χ1n) is 4.51. The third-order valence-electron chi connectivity index (χ3n) is 2.09. The molecule has 2 rings (SSSR count). The van der Waals surface area contributed by atoms with Crippen LogP contribution in [0.3, 0.4) is 0 Å². The maximum atomic E-state index is 13.3. The zero-order valence-corrected chi connectivity index (χ0v) is 8.12. The Bertz CT molecular complexity index is 522. The van der Waals surface area contributed by atoms with Crippen LogP contribution in [0.4, 0.5) is 13.2 Å². The maximum Gasteiger partial charge on any atom is 0.161 e. The summed E-state index contributed by atoms with van der Waals surface area (Å²) in [5.74, 6) is -3.24. The van der Waals surface area contributed by atoms with Crippen LogP contribution in [0.25, 0.3) is 5.69 Å². The van der Waals surface area contributed by atoms with Gasteiger partial charge in [0.05, 0.1) is 5.69 Å². The quantitative estimate of drug-likeness (QED) is 0.794. The lowest BCUT2D eigenvalue weighted by Crippen LogP contribution is -2.03. The van der Waals surface area contributed by atoms with Crippen LogP contribution < -0.4 is 5.73 Å². The first-order valence-corrected chi connectivity index (χ1v) is 4.51. The summed E-state index contributed by atoms with van der Waals surface area (Å²) in [4.78, 5) is 0. The molecule has 1 aromatic heterocycles. The van der Waals surface area contributed by atoms with Gasteiger partial charge in [0.2, 0.25) is 0 Å². The van der Waals surface area contributed by atoms with Crippen LogP contribution in [-0.4, -0.2) is 9.78 Å². The summed E-state index contributed by atoms with van der Waals surface area (Å²) in [6.45, 7) is 0.193. The average Bonchev–Trinajstić information content (AvgIpc) is 2.71. The second kappa shape index (κ2) is 3.97. The fourth-order valence-corrected chi connectivity index (χ4v) is 1.29. The van der Waals surface area contributed by atoms with E-state index in [9.17, 15) is 13.2 Å². The molecule has 0 atom stereocenters. The normalized spacial score (nSPS) is 10.8. The van der Waals surface area contributed by atoms with E-state index in [1.54, 1.807) is 6.07 Å². The predicted octanol–water partition coefficient (Wildman–Crippen LogP) is 1.75. The summed E-state index contributed by atoms with van der Waals surface area (Å²) in [7, 11) is 0. The monoisotopic (exact) mass is 227 g/mol. The van der Waals surface area contributed by atoms with Crippen LogP contribution in [0.15, 0.2) is 24.4 Å². The topological polar surface area (TPSA) is 43.8 Å². The summed E-state index contributed by atoms with van der Waals surface area (Å²) in [5.41, 5.74) is 5.71. The van der Waals surface area contributed by atoms with Crippen LogP contribution in [0, 0.1) is 17.5 Å². The van der Waals surface area contributed by atoms with Gasteiger partial charge in [0.25, 0.3) is 0 Å². The van der Waals surface area contributed by atoms with Crippen molar-refractivity contribution in [1.82, 2.24) is 9.78 Å². The fraction of sp³-hybridized carbons (Fsp3) is 0.100. The number of rotatable bonds is 2. The summed E-state index contributed by atoms with van der Waals surface area (Å²) in [6, 6.07) is 2.80. The molecule has 0 aliphatic heterocycles. The summed E-state index contributed by atoms with van der Waals surface area (Å²) >= 11 is 0. The van der Waals surface area contributed by atoms with Crippen molar-refractivity contribution in [2.24, 2.45) is 5.73 Å². The molecule has 2 N–H and O–H groups in total. The molecule has 0 aliphatic carbocycles. The zero-order chi connectivity index (χ0) is 11.7. The average molecular weight is 227 g/mol. The molecule has 0 bridgehead atoms. The van der Waals surface area contributed by atoms with Crippen molar-refractivity contribution in [3.63, 3.8) is 0 Å². The lowest BCUT2D eigenvalue weighted by atomic mass is 10.3. The highest BCUT2D eigenvalue weighted by molar-refractivity contribution is 5.34. The number of halogens is 3. The van der Waals surface area contributed by atoms with Gasteiger partial charge in [0.15, 0.2) is 17.5 Å². The highest BCUT2D eigenvalue weighted by Crippen LogP contribution is 2.17. The van der Waals surface area contributed by atoms with Crippen molar-refractivity contribution >= 4 is 0 Å². The minimum Gasteiger partial charge on any atom is -0.325 e. The van der Waals surface area contributed by atoms with Crippen molar-refractivity contribution < 1.29 is 13.2 Å². The van der Waals surface area contributed by atoms with Crippen molar-refractivity contribution in [2.75, 3.05) is 0 Å². The van der Waals surface area contributed by atoms with E-state index in [1.807, 2.05) is 0 Å². The highest BCUT2D eigenvalue weighted by Gasteiger charge is 2.12. The number of nitrogens with two attached hydrogens (primary N) is 1. The Morgan fingerprint density at radius 3 is 2.44 bits per heavy atom. The molecule has 0 saturated carbocycles. The van der Waals surface area contributed by atoms with Crippen LogP contribution >= 0.6 is 0 Å². The number of nitrogens with zero attached hydrogens (tertiary/aromatic N) is 2. The van der Waals surface area contributed by atoms with E-state index in [2.05, 4.69) is 5.10 Å². The van der Waals surface area contributed by atoms with Gasteiger partial charge in [-0.3, -0.25) is 0 Å². The van der Waals surface area contributed by atoms with Gasteiger partial charge >= 0.3 is 0 Å². The van der Waals surface area contributed by atoms with E-state index < -0.39 is 17.5 Å². The number of aromatic nitrogens is 2. The standard InChI is InChI=1S/C10H8F3N3/c11-7-3-9(13)10(4-8(7)12)16-2-1-6(5-14)15-16/h1-4H,5,14H2. The van der Waals surface area contributed by atoms with Crippen molar-refractivity contribution in [3.05, 3.63) is 47.5 Å². The molecule has 0 amide bonds. The highest BCUT2D eigenvalue weighted by atomic mass is 19.2. The minimum atomic E-state index is -1.23. The first-order chi connectivity index (χ1) is 7.61. The predicted molar refractivity (Wildman–Crippen MR) is 51.3 cm³/mol. The largest absolute Gasteiger partial charge is 0.325 e. The number of hydrogen-bond acceptors (Lipinski definition) is 2. The third kappa shape index (κ3) is 1.79. The van der Waals surface area contributed by atoms with Gasteiger partial charge in [-0.05, 0) is 6.07 Å². The van der Waals surface area contributed by atoms with Gasteiger partial charge < -0.3 is 5.73 Å². The lowest BCUT2D eigenvalue weighted by molar-refractivity contribution is 0.491. The van der Waals surface area contributed by atoms with Gasteiger partial charge in [-0.15, -0.1) is 0 Å². The Balaban J connectivity index is 2.51. The molecule has 0 unspecified atom stereocenters. The van der Waals surface area contributed by atoms with E-state index in [0.717, 1.165) is 10.7 Å². The van der Waals surface area contributed by atoms with Gasteiger partial charge in [-0.2, -0.15) is 5.10 Å². The number of hydrogen-bond donors (Lipinski definition) is 1. The Labute approximate surface area is 89.3 Å². The third-order valence-corrected chi connectivity index (χ3v) is 2.09. The molecule has 0 fully saturated rings. The Kier molecular flexibility index (Phi) is 2.66.